The van der Waals surface area contributed by atoms with Crippen molar-refractivity contribution in [2.45, 2.75) is 13.8 Å². The summed E-state index contributed by atoms with van der Waals surface area (Å²) in [7, 11) is 0. The molecular weight excluding hydrogens is 175 g/mol. The Hall–Kier alpha value is 0.576. The van der Waals surface area contributed by atoms with Crippen molar-refractivity contribution in [1.82, 2.24) is 0 Å². The monoisotopic (exact) mass is 186 g/mol. The van der Waals surface area contributed by atoms with Crippen LogP contribution in [0, 0.1) is 11.8 Å². The van der Waals surface area contributed by atoms with Crippen molar-refractivity contribution in [3.63, 3.8) is 0 Å². The van der Waals surface area contributed by atoms with Gasteiger partial charge in [0.25, 0.3) is 0 Å². The van der Waals surface area contributed by atoms with Gasteiger partial charge in [0.15, 0.2) is 0 Å². The maximum atomic E-state index is 10.2. The second-order valence-corrected chi connectivity index (χ2v) is 2.25. The number of carboxylic acids is 2. The molecule has 0 bridgehead atoms. The number of aliphatic carboxylic acids is 2. The van der Waals surface area contributed by atoms with Crippen LogP contribution in [0.1, 0.15) is 15.3 Å². The molecule has 0 aromatic rings. The molecule has 4 nitrogen and oxygen atoms in total. The van der Waals surface area contributed by atoms with Gasteiger partial charge in [-0.1, -0.05) is 13.8 Å². The van der Waals surface area contributed by atoms with Crippen molar-refractivity contribution in [3.8, 4) is 0 Å². The van der Waals surface area contributed by atoms with Crippen LogP contribution in [0.4, 0.5) is 0 Å². The van der Waals surface area contributed by atoms with Crippen LogP contribution >= 0.6 is 0 Å². The number of carboxylic acid groups (broad SMARTS) is 2. The maximum absolute atomic E-state index is 10.2. The third kappa shape index (κ3) is 4.92. The molecule has 0 aromatic heterocycles. The second-order valence-electron chi connectivity index (χ2n) is 2.25. The van der Waals surface area contributed by atoms with Gasteiger partial charge in [0.05, 0.1) is 11.8 Å². The summed E-state index contributed by atoms with van der Waals surface area (Å²) in [5.74, 6) is -3.79. The summed E-state index contributed by atoms with van der Waals surface area (Å²) in [6, 6.07) is 0. The van der Waals surface area contributed by atoms with Gasteiger partial charge >= 0.3 is 63.3 Å². The van der Waals surface area contributed by atoms with E-state index in [-0.39, 0.29) is 52.8 Å². The summed E-state index contributed by atoms with van der Waals surface area (Å²) in [6.07, 6.45) is 0. The largest absolute Gasteiger partial charge is 1.00 e. The maximum Gasteiger partial charge on any atom is 1.00 e. The average Bonchev–Trinajstić information content (AvgIpc) is 1.84. The Morgan fingerprint density at radius 2 is 1.27 bits per heavy atom. The van der Waals surface area contributed by atoms with Crippen molar-refractivity contribution >= 4 is 11.9 Å². The quantitative estimate of drug-likeness (QED) is 0.480. The molecular formula is C6H11KO4. The van der Waals surface area contributed by atoms with E-state index in [1.807, 2.05) is 0 Å². The predicted molar refractivity (Wildman–Crippen MR) is 34.7 cm³/mol. The first-order valence-electron chi connectivity index (χ1n) is 2.92. The van der Waals surface area contributed by atoms with E-state index in [9.17, 15) is 9.59 Å². The normalized spacial score (nSPS) is 14.4. The van der Waals surface area contributed by atoms with Gasteiger partial charge in [0, 0.05) is 0 Å². The van der Waals surface area contributed by atoms with E-state index in [1.54, 1.807) is 0 Å². The molecule has 0 amide bonds. The zero-order valence-electron chi connectivity index (χ0n) is 7.87. The van der Waals surface area contributed by atoms with E-state index in [0.717, 1.165) is 0 Å². The zero-order chi connectivity index (χ0) is 8.31. The van der Waals surface area contributed by atoms with Gasteiger partial charge in [-0.05, 0) is 0 Å². The SMILES string of the molecule is CC(C(=O)O)C(C)C(=O)O.[H-].[K+]. The molecule has 11 heavy (non-hydrogen) atoms. The van der Waals surface area contributed by atoms with E-state index < -0.39 is 23.8 Å². The molecule has 0 aliphatic rings. The van der Waals surface area contributed by atoms with Crippen LogP contribution in [0.15, 0.2) is 0 Å². The molecule has 0 radical (unpaired) electrons. The predicted octanol–water partition coefficient (Wildman–Crippen LogP) is -2.46. The molecule has 0 saturated carbocycles. The van der Waals surface area contributed by atoms with Crippen LogP contribution in [0.3, 0.4) is 0 Å². The molecule has 0 fully saturated rings. The van der Waals surface area contributed by atoms with Crippen LogP contribution in [0.25, 0.3) is 0 Å². The topological polar surface area (TPSA) is 74.6 Å². The third-order valence-corrected chi connectivity index (χ3v) is 1.53. The Morgan fingerprint density at radius 1 is 1.09 bits per heavy atom. The van der Waals surface area contributed by atoms with Crippen molar-refractivity contribution in [2.75, 3.05) is 0 Å². The molecule has 0 aromatic carbocycles. The first kappa shape index (κ1) is 14.1. The van der Waals surface area contributed by atoms with E-state index in [2.05, 4.69) is 0 Å². The minimum atomic E-state index is -1.07. The van der Waals surface area contributed by atoms with Gasteiger partial charge in [0.2, 0.25) is 0 Å². The van der Waals surface area contributed by atoms with E-state index in [0.29, 0.717) is 0 Å². The van der Waals surface area contributed by atoms with Gasteiger partial charge in [-0.25, -0.2) is 0 Å². The number of hydrogen-bond donors (Lipinski definition) is 2. The summed E-state index contributed by atoms with van der Waals surface area (Å²) < 4.78 is 0. The van der Waals surface area contributed by atoms with Crippen molar-refractivity contribution < 1.29 is 72.6 Å². The molecule has 0 aliphatic carbocycles. The Morgan fingerprint density at radius 3 is 1.36 bits per heavy atom. The summed E-state index contributed by atoms with van der Waals surface area (Å²) in [5, 5.41) is 16.7. The van der Waals surface area contributed by atoms with Gasteiger partial charge in [-0.2, -0.15) is 0 Å². The fourth-order valence-electron chi connectivity index (χ4n) is 0.428. The van der Waals surface area contributed by atoms with E-state index in [1.165, 1.54) is 13.8 Å². The minimum Gasteiger partial charge on any atom is -1.00 e. The molecule has 0 heterocycles. The Kier molecular flexibility index (Phi) is 7.87. The fraction of sp³-hybridized carbons (Fsp3) is 0.667. The van der Waals surface area contributed by atoms with E-state index in [4.69, 9.17) is 10.2 Å². The molecule has 0 rings (SSSR count). The van der Waals surface area contributed by atoms with Crippen LogP contribution in [0.5, 0.6) is 0 Å². The number of carbonyl (C=O) groups is 2. The Bertz CT molecular complexity index is 144. The summed E-state index contributed by atoms with van der Waals surface area (Å²) in [5.41, 5.74) is 0. The molecule has 2 atom stereocenters. The first-order valence-corrected chi connectivity index (χ1v) is 2.92. The van der Waals surface area contributed by atoms with Gasteiger partial charge in [-0.3, -0.25) is 9.59 Å². The molecule has 0 saturated heterocycles. The van der Waals surface area contributed by atoms with Crippen molar-refractivity contribution in [1.29, 1.82) is 0 Å². The molecule has 0 aliphatic heterocycles. The summed E-state index contributed by atoms with van der Waals surface area (Å²) in [4.78, 5) is 20.4. The zero-order valence-corrected chi connectivity index (χ0v) is 9.99. The van der Waals surface area contributed by atoms with E-state index >= 15 is 0 Å². The third-order valence-electron chi connectivity index (χ3n) is 1.53. The van der Waals surface area contributed by atoms with Gasteiger partial charge in [0.1, 0.15) is 0 Å². The summed E-state index contributed by atoms with van der Waals surface area (Å²) >= 11 is 0. The van der Waals surface area contributed by atoms with Gasteiger partial charge in [-0.15, -0.1) is 0 Å². The summed E-state index contributed by atoms with van der Waals surface area (Å²) in [6.45, 7) is 2.75. The van der Waals surface area contributed by atoms with Crippen LogP contribution in [-0.4, -0.2) is 22.2 Å². The standard InChI is InChI=1S/C6H10O4.K.H/c1-3(5(7)8)4(2)6(9)10;;/h3-4H,1-2H3,(H,7,8)(H,9,10);;/q;+1;-1. The van der Waals surface area contributed by atoms with Crippen molar-refractivity contribution in [2.24, 2.45) is 11.8 Å². The number of rotatable bonds is 3. The van der Waals surface area contributed by atoms with Crippen LogP contribution in [0.2, 0.25) is 0 Å². The van der Waals surface area contributed by atoms with Crippen molar-refractivity contribution in [3.05, 3.63) is 0 Å². The number of hydrogen-bond acceptors (Lipinski definition) is 2. The molecule has 2 unspecified atom stereocenters. The smallest absolute Gasteiger partial charge is 1.00 e. The minimum absolute atomic E-state index is 0. The van der Waals surface area contributed by atoms with Crippen LogP contribution < -0.4 is 51.4 Å². The fourth-order valence-corrected chi connectivity index (χ4v) is 0.428. The average molecular weight is 186 g/mol. The Balaban J connectivity index is -0.000000405. The Labute approximate surface area is 109 Å². The molecule has 0 spiro atoms. The molecule has 2 N–H and O–H groups in total. The van der Waals surface area contributed by atoms with Crippen LogP contribution in [-0.2, 0) is 9.59 Å². The van der Waals surface area contributed by atoms with Gasteiger partial charge < -0.3 is 11.6 Å². The second kappa shape index (κ2) is 6.13. The molecule has 5 heteroatoms. The first-order chi connectivity index (χ1) is 4.46. The molecule has 60 valence electrons.